The van der Waals surface area contributed by atoms with E-state index >= 15 is 0 Å². The third kappa shape index (κ3) is 4.62. The van der Waals surface area contributed by atoms with Gasteiger partial charge in [0.25, 0.3) is 5.91 Å². The van der Waals surface area contributed by atoms with Gasteiger partial charge in [0.05, 0.1) is 5.02 Å². The smallest absolute Gasteiger partial charge is 0.260 e. The summed E-state index contributed by atoms with van der Waals surface area (Å²) in [6, 6.07) is 10.8. The fourth-order valence-electron chi connectivity index (χ4n) is 3.56. The van der Waals surface area contributed by atoms with Gasteiger partial charge in [0.1, 0.15) is 5.75 Å². The number of rotatable bonds is 5. The molecule has 30 heavy (non-hydrogen) atoms. The van der Waals surface area contributed by atoms with E-state index in [2.05, 4.69) is 5.32 Å². The van der Waals surface area contributed by atoms with E-state index in [1.165, 1.54) is 0 Å². The van der Waals surface area contributed by atoms with Gasteiger partial charge in [-0.1, -0.05) is 17.7 Å². The number of anilines is 1. The predicted molar refractivity (Wildman–Crippen MR) is 112 cm³/mol. The Bertz CT molecular complexity index is 957. The molecule has 2 aliphatic rings. The lowest BCUT2D eigenvalue weighted by Gasteiger charge is -2.31. The van der Waals surface area contributed by atoms with Crippen molar-refractivity contribution in [2.24, 2.45) is 5.92 Å². The van der Waals surface area contributed by atoms with Crippen LogP contribution in [-0.4, -0.2) is 43.2 Å². The molecule has 2 aromatic carbocycles. The van der Waals surface area contributed by atoms with Crippen molar-refractivity contribution in [1.29, 1.82) is 0 Å². The molecule has 0 atom stereocenters. The first-order valence-corrected chi connectivity index (χ1v) is 10.2. The van der Waals surface area contributed by atoms with E-state index in [0.29, 0.717) is 53.9 Å². The Morgan fingerprint density at radius 2 is 1.90 bits per heavy atom. The number of fused-ring (bicyclic) bond motifs is 1. The molecule has 2 aromatic rings. The molecule has 1 saturated heterocycles. The molecule has 0 bridgehead atoms. The summed E-state index contributed by atoms with van der Waals surface area (Å²) < 4.78 is 16.2. The molecule has 7 nitrogen and oxygen atoms in total. The topological polar surface area (TPSA) is 77.1 Å². The van der Waals surface area contributed by atoms with Crippen LogP contribution in [0.2, 0.25) is 5.02 Å². The summed E-state index contributed by atoms with van der Waals surface area (Å²) in [6.07, 6.45) is 1.21. The van der Waals surface area contributed by atoms with Crippen molar-refractivity contribution in [3.8, 4) is 17.2 Å². The van der Waals surface area contributed by atoms with Crippen molar-refractivity contribution in [2.45, 2.75) is 19.8 Å². The normalized spacial score (nSPS) is 15.7. The first-order valence-electron chi connectivity index (χ1n) is 9.87. The Kier molecular flexibility index (Phi) is 5.99. The number of amides is 2. The summed E-state index contributed by atoms with van der Waals surface area (Å²) in [6.45, 7) is 3.09. The third-order valence-corrected chi connectivity index (χ3v) is 5.61. The Morgan fingerprint density at radius 3 is 2.70 bits per heavy atom. The minimum Gasteiger partial charge on any atom is -0.482 e. The first-order chi connectivity index (χ1) is 14.5. The maximum absolute atomic E-state index is 12.6. The molecule has 1 N–H and O–H groups in total. The molecular weight excluding hydrogens is 408 g/mol. The monoisotopic (exact) mass is 430 g/mol. The molecule has 0 aromatic heterocycles. The summed E-state index contributed by atoms with van der Waals surface area (Å²) in [7, 11) is 0. The van der Waals surface area contributed by atoms with Crippen LogP contribution in [0.25, 0.3) is 0 Å². The highest BCUT2D eigenvalue weighted by molar-refractivity contribution is 6.32. The van der Waals surface area contributed by atoms with Crippen LogP contribution < -0.4 is 19.5 Å². The number of piperidine rings is 1. The third-order valence-electron chi connectivity index (χ3n) is 5.30. The Labute approximate surface area is 179 Å². The van der Waals surface area contributed by atoms with E-state index in [4.69, 9.17) is 25.8 Å². The van der Waals surface area contributed by atoms with Gasteiger partial charge in [0.15, 0.2) is 18.1 Å². The van der Waals surface area contributed by atoms with Crippen LogP contribution in [0.15, 0.2) is 36.4 Å². The minimum atomic E-state index is -0.147. The van der Waals surface area contributed by atoms with Gasteiger partial charge in [-0.2, -0.15) is 0 Å². The lowest BCUT2D eigenvalue weighted by Crippen LogP contribution is -2.43. The van der Waals surface area contributed by atoms with E-state index in [1.54, 1.807) is 29.2 Å². The average molecular weight is 431 g/mol. The summed E-state index contributed by atoms with van der Waals surface area (Å²) in [4.78, 5) is 26.8. The number of hydrogen-bond donors (Lipinski definition) is 1. The van der Waals surface area contributed by atoms with Crippen LogP contribution in [0, 0.1) is 12.8 Å². The van der Waals surface area contributed by atoms with Crippen molar-refractivity contribution in [3.63, 3.8) is 0 Å². The van der Waals surface area contributed by atoms with Gasteiger partial charge in [-0.3, -0.25) is 9.59 Å². The van der Waals surface area contributed by atoms with Crippen LogP contribution in [-0.2, 0) is 9.59 Å². The van der Waals surface area contributed by atoms with Gasteiger partial charge in [0.2, 0.25) is 12.7 Å². The minimum absolute atomic E-state index is 0.0521. The maximum atomic E-state index is 12.6. The molecule has 1 fully saturated rings. The molecule has 0 spiro atoms. The Hall–Kier alpha value is -2.93. The molecule has 0 radical (unpaired) electrons. The zero-order valence-electron chi connectivity index (χ0n) is 16.7. The highest BCUT2D eigenvalue weighted by Gasteiger charge is 2.28. The van der Waals surface area contributed by atoms with Crippen molar-refractivity contribution < 1.29 is 23.8 Å². The summed E-state index contributed by atoms with van der Waals surface area (Å²) in [5.41, 5.74) is 1.68. The number of carbonyl (C=O) groups excluding carboxylic acids is 2. The fraction of sp³-hybridized carbons (Fsp3) is 0.364. The Balaban J connectivity index is 1.25. The van der Waals surface area contributed by atoms with E-state index in [1.807, 2.05) is 19.1 Å². The van der Waals surface area contributed by atoms with Crippen LogP contribution in [0.4, 0.5) is 5.69 Å². The van der Waals surface area contributed by atoms with Crippen LogP contribution >= 0.6 is 11.6 Å². The van der Waals surface area contributed by atoms with Crippen LogP contribution in [0.3, 0.4) is 0 Å². The average Bonchev–Trinajstić information content (AvgIpc) is 3.22. The number of hydrogen-bond acceptors (Lipinski definition) is 5. The van der Waals surface area contributed by atoms with Gasteiger partial charge >= 0.3 is 0 Å². The molecule has 0 saturated carbocycles. The standard InChI is InChI=1S/C22H23ClN2O5/c1-14-2-4-17(23)19(10-14)28-12-21(26)25-8-6-15(7-9-25)22(27)24-16-3-5-18-20(11-16)30-13-29-18/h2-5,10-11,15H,6-9,12-13H2,1H3,(H,24,27). The number of nitrogens with zero attached hydrogens (tertiary/aromatic N) is 1. The molecular formula is C22H23ClN2O5. The SMILES string of the molecule is Cc1ccc(Cl)c(OCC(=O)N2CCC(C(=O)Nc3ccc4c(c3)OCO4)CC2)c1. The largest absolute Gasteiger partial charge is 0.482 e. The predicted octanol–water partition coefficient (Wildman–Crippen LogP) is 3.63. The van der Waals surface area contributed by atoms with Crippen LogP contribution in [0.5, 0.6) is 17.2 Å². The van der Waals surface area contributed by atoms with Gasteiger partial charge in [-0.05, 0) is 49.6 Å². The molecule has 0 unspecified atom stereocenters. The summed E-state index contributed by atoms with van der Waals surface area (Å²) in [5, 5.41) is 3.41. The zero-order valence-corrected chi connectivity index (χ0v) is 17.4. The molecule has 2 amide bonds. The first kappa shape index (κ1) is 20.3. The van der Waals surface area contributed by atoms with E-state index in [-0.39, 0.29) is 31.1 Å². The van der Waals surface area contributed by atoms with Gasteiger partial charge in [-0.25, -0.2) is 0 Å². The zero-order chi connectivity index (χ0) is 21.1. The Morgan fingerprint density at radius 1 is 1.13 bits per heavy atom. The van der Waals surface area contributed by atoms with E-state index in [9.17, 15) is 9.59 Å². The summed E-state index contributed by atoms with van der Waals surface area (Å²) >= 11 is 6.11. The van der Waals surface area contributed by atoms with Crippen molar-refractivity contribution >= 4 is 29.1 Å². The number of carbonyl (C=O) groups is 2. The number of halogens is 1. The molecule has 0 aliphatic carbocycles. The highest BCUT2D eigenvalue weighted by Crippen LogP contribution is 2.34. The maximum Gasteiger partial charge on any atom is 0.260 e. The van der Waals surface area contributed by atoms with Crippen LogP contribution in [0.1, 0.15) is 18.4 Å². The molecule has 2 aliphatic heterocycles. The number of nitrogens with one attached hydrogen (secondary N) is 1. The second kappa shape index (κ2) is 8.83. The van der Waals surface area contributed by atoms with Crippen molar-refractivity contribution in [1.82, 2.24) is 4.90 Å². The number of benzene rings is 2. The van der Waals surface area contributed by atoms with Crippen molar-refractivity contribution in [3.05, 3.63) is 47.0 Å². The number of likely N-dealkylation sites (tertiary alicyclic amines) is 1. The molecule has 8 heteroatoms. The van der Waals surface area contributed by atoms with Gasteiger partial charge in [0, 0.05) is 30.8 Å². The number of ether oxygens (including phenoxy) is 3. The molecule has 2 heterocycles. The lowest BCUT2D eigenvalue weighted by molar-refractivity contribution is -0.136. The lowest BCUT2D eigenvalue weighted by atomic mass is 9.95. The number of aryl methyl sites for hydroxylation is 1. The molecule has 4 rings (SSSR count). The van der Waals surface area contributed by atoms with Gasteiger partial charge in [-0.15, -0.1) is 0 Å². The van der Waals surface area contributed by atoms with E-state index < -0.39 is 0 Å². The second-order valence-corrected chi connectivity index (χ2v) is 7.84. The second-order valence-electron chi connectivity index (χ2n) is 7.43. The van der Waals surface area contributed by atoms with E-state index in [0.717, 1.165) is 5.56 Å². The molecule has 158 valence electrons. The highest BCUT2D eigenvalue weighted by atomic mass is 35.5. The fourth-order valence-corrected chi connectivity index (χ4v) is 3.73. The van der Waals surface area contributed by atoms with Crippen molar-refractivity contribution in [2.75, 3.05) is 31.8 Å². The quantitative estimate of drug-likeness (QED) is 0.783. The summed E-state index contributed by atoms with van der Waals surface area (Å²) in [5.74, 6) is 1.50. The van der Waals surface area contributed by atoms with Gasteiger partial charge < -0.3 is 24.4 Å².